The molecule has 0 radical (unpaired) electrons. The molecule has 1 aliphatic rings. The third-order valence-electron chi connectivity index (χ3n) is 3.51. The minimum absolute atomic E-state index is 0.0855. The second kappa shape index (κ2) is 5.35. The lowest BCUT2D eigenvalue weighted by Gasteiger charge is -2.24. The van der Waals surface area contributed by atoms with Crippen LogP contribution < -0.4 is 10.1 Å². The minimum Gasteiger partial charge on any atom is -0.488 e. The molecule has 0 bridgehead atoms. The van der Waals surface area contributed by atoms with Crippen LogP contribution in [0.5, 0.6) is 5.75 Å². The first-order valence-corrected chi connectivity index (χ1v) is 7.27. The van der Waals surface area contributed by atoms with Crippen molar-refractivity contribution in [3.05, 3.63) is 64.1 Å². The zero-order chi connectivity index (χ0) is 13.2. The summed E-state index contributed by atoms with van der Waals surface area (Å²) in [4.78, 5) is 0. The number of halogens is 1. The van der Waals surface area contributed by atoms with Gasteiger partial charge < -0.3 is 10.1 Å². The van der Waals surface area contributed by atoms with E-state index >= 15 is 0 Å². The standard InChI is InChI=1S/C16H16BrNO/c1-11-16(13-7-3-4-8-14(13)17)18-10-12-6-2-5-9-15(12)19-11/h2-9,11,16,18H,10H2,1H3. The molecule has 0 aromatic heterocycles. The lowest BCUT2D eigenvalue weighted by Crippen LogP contribution is -2.31. The van der Waals surface area contributed by atoms with E-state index < -0.39 is 0 Å². The first kappa shape index (κ1) is 12.7. The summed E-state index contributed by atoms with van der Waals surface area (Å²) in [5, 5.41) is 3.59. The van der Waals surface area contributed by atoms with Gasteiger partial charge in [0.1, 0.15) is 11.9 Å². The molecule has 3 heteroatoms. The van der Waals surface area contributed by atoms with E-state index in [-0.39, 0.29) is 12.1 Å². The first-order valence-electron chi connectivity index (χ1n) is 6.48. The molecule has 1 heterocycles. The molecule has 2 nitrogen and oxygen atoms in total. The van der Waals surface area contributed by atoms with Crippen LogP contribution in [0.2, 0.25) is 0 Å². The number of benzene rings is 2. The molecular formula is C16H16BrNO. The molecule has 0 amide bonds. The van der Waals surface area contributed by atoms with Crippen LogP contribution in [-0.4, -0.2) is 6.10 Å². The first-order chi connectivity index (χ1) is 9.25. The van der Waals surface area contributed by atoms with Gasteiger partial charge in [-0.1, -0.05) is 52.3 Å². The van der Waals surface area contributed by atoms with E-state index in [1.54, 1.807) is 0 Å². The fourth-order valence-electron chi connectivity index (χ4n) is 2.51. The fourth-order valence-corrected chi connectivity index (χ4v) is 3.04. The van der Waals surface area contributed by atoms with Gasteiger partial charge in [0.15, 0.2) is 0 Å². The van der Waals surface area contributed by atoms with Crippen LogP contribution in [0.25, 0.3) is 0 Å². The summed E-state index contributed by atoms with van der Waals surface area (Å²) in [6.45, 7) is 2.94. The normalized spacial score (nSPS) is 22.2. The van der Waals surface area contributed by atoms with Crippen molar-refractivity contribution < 1.29 is 4.74 Å². The molecule has 0 saturated carbocycles. The van der Waals surface area contributed by atoms with Gasteiger partial charge in [0.05, 0.1) is 6.04 Å². The highest BCUT2D eigenvalue weighted by Crippen LogP contribution is 2.32. The van der Waals surface area contributed by atoms with Crippen molar-refractivity contribution in [1.82, 2.24) is 5.32 Å². The van der Waals surface area contributed by atoms with Crippen LogP contribution in [0.4, 0.5) is 0 Å². The van der Waals surface area contributed by atoms with E-state index in [1.165, 1.54) is 11.1 Å². The maximum atomic E-state index is 6.10. The summed E-state index contributed by atoms with van der Waals surface area (Å²) in [5.41, 5.74) is 2.45. The molecule has 1 aliphatic heterocycles. The third-order valence-corrected chi connectivity index (χ3v) is 4.23. The zero-order valence-corrected chi connectivity index (χ0v) is 12.4. The fraction of sp³-hybridized carbons (Fsp3) is 0.250. The summed E-state index contributed by atoms with van der Waals surface area (Å²) in [6.07, 6.45) is 0.0855. The van der Waals surface area contributed by atoms with Crippen LogP contribution in [-0.2, 0) is 6.54 Å². The van der Waals surface area contributed by atoms with E-state index in [0.29, 0.717) is 0 Å². The Bertz CT molecular complexity index is 584. The molecule has 2 unspecified atom stereocenters. The number of hydrogen-bond donors (Lipinski definition) is 1. The molecular weight excluding hydrogens is 302 g/mol. The summed E-state index contributed by atoms with van der Waals surface area (Å²) < 4.78 is 7.21. The van der Waals surface area contributed by atoms with Gasteiger partial charge in [0.25, 0.3) is 0 Å². The van der Waals surface area contributed by atoms with Crippen molar-refractivity contribution in [3.63, 3.8) is 0 Å². The number of nitrogens with one attached hydrogen (secondary N) is 1. The minimum atomic E-state index is 0.0855. The topological polar surface area (TPSA) is 21.3 Å². The van der Waals surface area contributed by atoms with Crippen molar-refractivity contribution in [3.8, 4) is 5.75 Å². The highest BCUT2D eigenvalue weighted by Gasteiger charge is 2.26. The quantitative estimate of drug-likeness (QED) is 0.856. The molecule has 0 fully saturated rings. The summed E-state index contributed by atoms with van der Waals surface area (Å²) in [5.74, 6) is 0.983. The molecule has 3 rings (SSSR count). The van der Waals surface area contributed by atoms with Gasteiger partial charge in [0.2, 0.25) is 0 Å². The van der Waals surface area contributed by atoms with Gasteiger partial charge in [-0.25, -0.2) is 0 Å². The van der Waals surface area contributed by atoms with Crippen LogP contribution in [0.3, 0.4) is 0 Å². The summed E-state index contributed by atoms with van der Waals surface area (Å²) in [7, 11) is 0. The van der Waals surface area contributed by atoms with Gasteiger partial charge in [0, 0.05) is 16.6 Å². The highest BCUT2D eigenvalue weighted by atomic mass is 79.9. The van der Waals surface area contributed by atoms with E-state index in [1.807, 2.05) is 24.3 Å². The highest BCUT2D eigenvalue weighted by molar-refractivity contribution is 9.10. The number of fused-ring (bicyclic) bond motifs is 1. The van der Waals surface area contributed by atoms with Crippen molar-refractivity contribution in [1.29, 1.82) is 0 Å². The second-order valence-corrected chi connectivity index (χ2v) is 5.67. The molecule has 2 aromatic carbocycles. The molecule has 0 saturated heterocycles. The predicted molar refractivity (Wildman–Crippen MR) is 80.3 cm³/mol. The molecule has 19 heavy (non-hydrogen) atoms. The van der Waals surface area contributed by atoms with Crippen LogP contribution in [0, 0.1) is 0 Å². The molecule has 0 aliphatic carbocycles. The second-order valence-electron chi connectivity index (χ2n) is 4.81. The maximum absolute atomic E-state index is 6.10. The number of hydrogen-bond acceptors (Lipinski definition) is 2. The van der Waals surface area contributed by atoms with Crippen LogP contribution in [0.15, 0.2) is 53.0 Å². The molecule has 1 N–H and O–H groups in total. The van der Waals surface area contributed by atoms with E-state index in [2.05, 4.69) is 52.4 Å². The van der Waals surface area contributed by atoms with Gasteiger partial charge in [-0.05, 0) is 24.6 Å². The van der Waals surface area contributed by atoms with Gasteiger partial charge >= 0.3 is 0 Å². The van der Waals surface area contributed by atoms with Gasteiger partial charge in [-0.2, -0.15) is 0 Å². The number of rotatable bonds is 1. The Morgan fingerprint density at radius 1 is 1.11 bits per heavy atom. The monoisotopic (exact) mass is 317 g/mol. The van der Waals surface area contributed by atoms with Crippen molar-refractivity contribution in [2.75, 3.05) is 0 Å². The van der Waals surface area contributed by atoms with Crippen LogP contribution >= 0.6 is 15.9 Å². The zero-order valence-electron chi connectivity index (χ0n) is 10.8. The van der Waals surface area contributed by atoms with Crippen molar-refractivity contribution in [2.24, 2.45) is 0 Å². The predicted octanol–water partition coefficient (Wildman–Crippen LogP) is 4.06. The number of para-hydroxylation sites is 1. The Labute approximate surface area is 121 Å². The molecule has 0 spiro atoms. The van der Waals surface area contributed by atoms with E-state index in [9.17, 15) is 0 Å². The lowest BCUT2D eigenvalue weighted by molar-refractivity contribution is 0.180. The average Bonchev–Trinajstić information content (AvgIpc) is 2.58. The van der Waals surface area contributed by atoms with Gasteiger partial charge in [-0.3, -0.25) is 0 Å². The van der Waals surface area contributed by atoms with Crippen molar-refractivity contribution >= 4 is 15.9 Å². The molecule has 2 atom stereocenters. The Kier molecular flexibility index (Phi) is 3.58. The SMILES string of the molecule is CC1Oc2ccccc2CNC1c1ccccc1Br. The van der Waals surface area contributed by atoms with Crippen molar-refractivity contribution in [2.45, 2.75) is 25.6 Å². The van der Waals surface area contributed by atoms with Crippen LogP contribution in [0.1, 0.15) is 24.1 Å². The Morgan fingerprint density at radius 2 is 1.84 bits per heavy atom. The molecule has 98 valence electrons. The Balaban J connectivity index is 1.93. The average molecular weight is 318 g/mol. The smallest absolute Gasteiger partial charge is 0.124 e. The Morgan fingerprint density at radius 3 is 2.68 bits per heavy atom. The largest absolute Gasteiger partial charge is 0.488 e. The summed E-state index contributed by atoms with van der Waals surface area (Å²) in [6, 6.07) is 16.7. The Hall–Kier alpha value is -1.32. The summed E-state index contributed by atoms with van der Waals surface area (Å²) >= 11 is 3.62. The third kappa shape index (κ3) is 2.53. The molecule has 2 aromatic rings. The lowest BCUT2D eigenvalue weighted by atomic mass is 10.0. The maximum Gasteiger partial charge on any atom is 0.124 e. The van der Waals surface area contributed by atoms with E-state index in [4.69, 9.17) is 4.74 Å². The van der Waals surface area contributed by atoms with E-state index in [0.717, 1.165) is 16.8 Å². The van der Waals surface area contributed by atoms with Gasteiger partial charge in [-0.15, -0.1) is 0 Å². The number of ether oxygens (including phenoxy) is 1.